The lowest BCUT2D eigenvalue weighted by Crippen LogP contribution is -1.95. The summed E-state index contributed by atoms with van der Waals surface area (Å²) in [5, 5.41) is 8.74. The van der Waals surface area contributed by atoms with Crippen LogP contribution >= 0.6 is 0 Å². The first kappa shape index (κ1) is 9.80. The van der Waals surface area contributed by atoms with E-state index in [0.29, 0.717) is 5.92 Å². The van der Waals surface area contributed by atoms with Crippen molar-refractivity contribution >= 4 is 0 Å². The van der Waals surface area contributed by atoms with Gasteiger partial charge in [0.15, 0.2) is 0 Å². The van der Waals surface area contributed by atoms with Gasteiger partial charge in [0.1, 0.15) is 0 Å². The molecule has 1 nitrogen and oxygen atoms in total. The first-order valence-corrected chi connectivity index (χ1v) is 4.72. The van der Waals surface area contributed by atoms with Gasteiger partial charge in [0, 0.05) is 0 Å². The first-order chi connectivity index (χ1) is 6.19. The highest BCUT2D eigenvalue weighted by Crippen LogP contribution is 2.20. The summed E-state index contributed by atoms with van der Waals surface area (Å²) in [6.07, 6.45) is 1.00. The Hall–Kier alpha value is -1.29. The van der Waals surface area contributed by atoms with Gasteiger partial charge in [-0.1, -0.05) is 26.8 Å². The third-order valence-corrected chi connectivity index (χ3v) is 2.27. The van der Waals surface area contributed by atoms with Gasteiger partial charge in [0.25, 0.3) is 0 Å². The van der Waals surface area contributed by atoms with Crippen LogP contribution in [0.4, 0.5) is 0 Å². The van der Waals surface area contributed by atoms with Crippen molar-refractivity contribution in [2.24, 2.45) is 0 Å². The van der Waals surface area contributed by atoms with Crippen molar-refractivity contribution in [1.82, 2.24) is 0 Å². The smallest absolute Gasteiger partial charge is 0.0991 e. The maximum absolute atomic E-state index is 8.74. The normalized spacial score (nSPS) is 10.1. The van der Waals surface area contributed by atoms with Gasteiger partial charge in [0.05, 0.1) is 11.6 Å². The minimum Gasteiger partial charge on any atom is -0.192 e. The molecule has 0 aromatic heterocycles. The Kier molecular flexibility index (Phi) is 3.08. The van der Waals surface area contributed by atoms with E-state index in [-0.39, 0.29) is 0 Å². The molecular formula is C12H15N. The average Bonchev–Trinajstić information content (AvgIpc) is 2.16. The summed E-state index contributed by atoms with van der Waals surface area (Å²) >= 11 is 0. The van der Waals surface area contributed by atoms with Crippen molar-refractivity contribution in [3.63, 3.8) is 0 Å². The van der Waals surface area contributed by atoms with Crippen molar-refractivity contribution in [3.8, 4) is 6.07 Å². The van der Waals surface area contributed by atoms with Gasteiger partial charge in [-0.05, 0) is 35.6 Å². The quantitative estimate of drug-likeness (QED) is 0.673. The molecule has 0 aliphatic rings. The van der Waals surface area contributed by atoms with Gasteiger partial charge in [-0.2, -0.15) is 5.26 Å². The van der Waals surface area contributed by atoms with E-state index < -0.39 is 0 Å². The number of rotatable bonds is 2. The number of nitriles is 1. The van der Waals surface area contributed by atoms with Gasteiger partial charge in [-0.3, -0.25) is 0 Å². The van der Waals surface area contributed by atoms with E-state index >= 15 is 0 Å². The summed E-state index contributed by atoms with van der Waals surface area (Å²) in [4.78, 5) is 0. The maximum atomic E-state index is 8.74. The third-order valence-electron chi connectivity index (χ3n) is 2.27. The van der Waals surface area contributed by atoms with Gasteiger partial charge in [-0.15, -0.1) is 0 Å². The van der Waals surface area contributed by atoms with Crippen molar-refractivity contribution in [1.29, 1.82) is 5.26 Å². The minimum absolute atomic E-state index is 0.544. The van der Waals surface area contributed by atoms with Crippen LogP contribution in [-0.2, 0) is 6.42 Å². The molecule has 0 saturated carbocycles. The molecular weight excluding hydrogens is 158 g/mol. The SMILES string of the molecule is CCc1cc(C#N)ccc1C(C)C. The lowest BCUT2D eigenvalue weighted by atomic mass is 9.94. The van der Waals surface area contributed by atoms with Crippen LogP contribution in [0.2, 0.25) is 0 Å². The van der Waals surface area contributed by atoms with E-state index in [4.69, 9.17) is 5.26 Å². The van der Waals surface area contributed by atoms with Gasteiger partial charge < -0.3 is 0 Å². The fraction of sp³-hybridized carbons (Fsp3) is 0.417. The lowest BCUT2D eigenvalue weighted by molar-refractivity contribution is 0.844. The molecule has 0 N–H and O–H groups in total. The Morgan fingerprint density at radius 2 is 2.08 bits per heavy atom. The number of hydrogen-bond donors (Lipinski definition) is 0. The summed E-state index contributed by atoms with van der Waals surface area (Å²) in [5.41, 5.74) is 3.43. The van der Waals surface area contributed by atoms with E-state index in [1.54, 1.807) is 0 Å². The summed E-state index contributed by atoms with van der Waals surface area (Å²) in [7, 11) is 0. The zero-order valence-corrected chi connectivity index (χ0v) is 8.46. The largest absolute Gasteiger partial charge is 0.192 e. The van der Waals surface area contributed by atoms with E-state index in [1.807, 2.05) is 12.1 Å². The fourth-order valence-electron chi connectivity index (χ4n) is 1.54. The second-order valence-electron chi connectivity index (χ2n) is 3.53. The van der Waals surface area contributed by atoms with Crippen molar-refractivity contribution in [2.75, 3.05) is 0 Å². The van der Waals surface area contributed by atoms with Crippen LogP contribution in [0.25, 0.3) is 0 Å². The van der Waals surface area contributed by atoms with Crippen LogP contribution in [0.5, 0.6) is 0 Å². The monoisotopic (exact) mass is 173 g/mol. The zero-order chi connectivity index (χ0) is 9.84. The molecule has 0 amide bonds. The first-order valence-electron chi connectivity index (χ1n) is 4.72. The minimum atomic E-state index is 0.544. The second kappa shape index (κ2) is 4.09. The summed E-state index contributed by atoms with van der Waals surface area (Å²) in [6, 6.07) is 8.13. The van der Waals surface area contributed by atoms with Crippen LogP contribution in [0, 0.1) is 11.3 Å². The number of nitrogens with zero attached hydrogens (tertiary/aromatic N) is 1. The molecule has 0 bridgehead atoms. The Balaban J connectivity index is 3.17. The number of aryl methyl sites for hydroxylation is 1. The Morgan fingerprint density at radius 1 is 1.38 bits per heavy atom. The molecule has 0 saturated heterocycles. The molecule has 0 unspecified atom stereocenters. The van der Waals surface area contributed by atoms with Crippen LogP contribution in [0.15, 0.2) is 18.2 Å². The molecule has 0 aliphatic carbocycles. The van der Waals surface area contributed by atoms with Gasteiger partial charge in [0.2, 0.25) is 0 Å². The molecule has 0 aliphatic heterocycles. The zero-order valence-electron chi connectivity index (χ0n) is 8.46. The van der Waals surface area contributed by atoms with Crippen LogP contribution < -0.4 is 0 Å². The summed E-state index contributed by atoms with van der Waals surface area (Å²) < 4.78 is 0. The molecule has 0 radical (unpaired) electrons. The molecule has 0 fully saturated rings. The Labute approximate surface area is 80.0 Å². The lowest BCUT2D eigenvalue weighted by Gasteiger charge is -2.11. The Bertz CT molecular complexity index is 331. The molecule has 0 spiro atoms. The van der Waals surface area contributed by atoms with E-state index in [2.05, 4.69) is 32.9 Å². The van der Waals surface area contributed by atoms with Crippen LogP contribution in [0.3, 0.4) is 0 Å². The number of hydrogen-bond acceptors (Lipinski definition) is 1. The molecule has 68 valence electrons. The Morgan fingerprint density at radius 3 is 2.54 bits per heavy atom. The molecule has 1 heteroatoms. The highest BCUT2D eigenvalue weighted by atomic mass is 14.2. The van der Waals surface area contributed by atoms with Crippen molar-refractivity contribution in [3.05, 3.63) is 34.9 Å². The van der Waals surface area contributed by atoms with Crippen molar-refractivity contribution < 1.29 is 0 Å². The van der Waals surface area contributed by atoms with E-state index in [9.17, 15) is 0 Å². The van der Waals surface area contributed by atoms with E-state index in [0.717, 1.165) is 12.0 Å². The molecule has 0 heterocycles. The van der Waals surface area contributed by atoms with Crippen molar-refractivity contribution in [2.45, 2.75) is 33.1 Å². The topological polar surface area (TPSA) is 23.8 Å². The molecule has 1 rings (SSSR count). The highest BCUT2D eigenvalue weighted by Gasteiger charge is 2.05. The molecule has 1 aromatic carbocycles. The predicted molar refractivity (Wildman–Crippen MR) is 54.6 cm³/mol. The van der Waals surface area contributed by atoms with Crippen LogP contribution in [0.1, 0.15) is 43.4 Å². The van der Waals surface area contributed by atoms with E-state index in [1.165, 1.54) is 11.1 Å². The highest BCUT2D eigenvalue weighted by molar-refractivity contribution is 5.39. The maximum Gasteiger partial charge on any atom is 0.0991 e. The standard InChI is InChI=1S/C12H15N/c1-4-11-7-10(8-13)5-6-12(11)9(2)3/h5-7,9H,4H2,1-3H3. The predicted octanol–water partition coefficient (Wildman–Crippen LogP) is 3.24. The van der Waals surface area contributed by atoms with Gasteiger partial charge >= 0.3 is 0 Å². The second-order valence-corrected chi connectivity index (χ2v) is 3.53. The third kappa shape index (κ3) is 2.09. The molecule has 0 atom stereocenters. The average molecular weight is 173 g/mol. The van der Waals surface area contributed by atoms with Gasteiger partial charge in [-0.25, -0.2) is 0 Å². The summed E-state index contributed by atoms with van der Waals surface area (Å²) in [6.45, 7) is 6.49. The van der Waals surface area contributed by atoms with Crippen LogP contribution in [-0.4, -0.2) is 0 Å². The molecule has 1 aromatic rings. The molecule has 13 heavy (non-hydrogen) atoms. The number of benzene rings is 1. The summed E-state index contributed by atoms with van der Waals surface area (Å²) in [5.74, 6) is 0.544. The fourth-order valence-corrected chi connectivity index (χ4v) is 1.54.